The molecular formula is C25H27BrN2O2. The van der Waals surface area contributed by atoms with Gasteiger partial charge in [0.15, 0.2) is 6.61 Å². The summed E-state index contributed by atoms with van der Waals surface area (Å²) in [5, 5.41) is 6.29. The van der Waals surface area contributed by atoms with Crippen molar-refractivity contribution < 1.29 is 9.53 Å². The summed E-state index contributed by atoms with van der Waals surface area (Å²) in [6.45, 7) is 6.87. The summed E-state index contributed by atoms with van der Waals surface area (Å²) in [5.41, 5.74) is 6.65. The number of ether oxygens (including phenoxy) is 1. The van der Waals surface area contributed by atoms with Gasteiger partial charge in [-0.15, -0.1) is 0 Å². The molecule has 30 heavy (non-hydrogen) atoms. The van der Waals surface area contributed by atoms with E-state index in [2.05, 4.69) is 57.8 Å². The highest BCUT2D eigenvalue weighted by atomic mass is 79.9. The molecule has 0 aromatic heterocycles. The summed E-state index contributed by atoms with van der Waals surface area (Å²) in [6.07, 6.45) is 1.04. The Balaban J connectivity index is 1.51. The molecule has 1 amide bonds. The van der Waals surface area contributed by atoms with E-state index in [0.717, 1.165) is 33.4 Å². The van der Waals surface area contributed by atoms with Crippen LogP contribution < -0.4 is 15.4 Å². The van der Waals surface area contributed by atoms with Crippen molar-refractivity contribution in [2.45, 2.75) is 33.7 Å². The third-order valence-electron chi connectivity index (χ3n) is 5.00. The molecule has 0 fully saturated rings. The zero-order valence-electron chi connectivity index (χ0n) is 17.6. The molecule has 0 bridgehead atoms. The van der Waals surface area contributed by atoms with Crippen molar-refractivity contribution in [1.82, 2.24) is 0 Å². The molecule has 3 rings (SSSR count). The Morgan fingerprint density at radius 1 is 0.900 bits per heavy atom. The normalized spacial score (nSPS) is 10.5. The average Bonchev–Trinajstić information content (AvgIpc) is 2.74. The summed E-state index contributed by atoms with van der Waals surface area (Å²) >= 11 is 3.54. The lowest BCUT2D eigenvalue weighted by molar-refractivity contribution is -0.118. The van der Waals surface area contributed by atoms with E-state index < -0.39 is 0 Å². The van der Waals surface area contributed by atoms with E-state index in [4.69, 9.17) is 4.74 Å². The molecule has 0 aliphatic carbocycles. The van der Waals surface area contributed by atoms with Crippen LogP contribution in [0.5, 0.6) is 5.75 Å². The van der Waals surface area contributed by atoms with E-state index in [1.807, 2.05) is 50.2 Å². The lowest BCUT2D eigenvalue weighted by atomic mass is 10.1. The van der Waals surface area contributed by atoms with Gasteiger partial charge in [0.05, 0.1) is 4.47 Å². The van der Waals surface area contributed by atoms with Gasteiger partial charge in [-0.05, 0) is 94.9 Å². The Labute approximate surface area is 186 Å². The molecule has 0 heterocycles. The van der Waals surface area contributed by atoms with Gasteiger partial charge in [0, 0.05) is 17.9 Å². The molecule has 0 aliphatic rings. The first kappa shape index (κ1) is 21.9. The van der Waals surface area contributed by atoms with Crippen LogP contribution in [0.4, 0.5) is 11.4 Å². The molecular weight excluding hydrogens is 440 g/mol. The molecule has 0 unspecified atom stereocenters. The maximum atomic E-state index is 12.2. The number of aryl methyl sites for hydroxylation is 3. The van der Waals surface area contributed by atoms with Crippen molar-refractivity contribution >= 4 is 33.2 Å². The molecule has 2 N–H and O–H groups in total. The zero-order valence-corrected chi connectivity index (χ0v) is 19.2. The third-order valence-corrected chi connectivity index (χ3v) is 5.62. The van der Waals surface area contributed by atoms with Crippen molar-refractivity contribution in [3.8, 4) is 5.75 Å². The lowest BCUT2D eigenvalue weighted by Crippen LogP contribution is -2.20. The van der Waals surface area contributed by atoms with Crippen LogP contribution in [-0.4, -0.2) is 12.5 Å². The minimum Gasteiger partial charge on any atom is -0.483 e. The summed E-state index contributed by atoms with van der Waals surface area (Å²) < 4.78 is 6.51. The molecule has 0 saturated carbocycles. The Hall–Kier alpha value is -2.79. The molecule has 3 aromatic carbocycles. The van der Waals surface area contributed by atoms with Crippen molar-refractivity contribution in [2.75, 3.05) is 17.2 Å². The molecule has 0 radical (unpaired) electrons. The molecule has 0 spiro atoms. The number of benzene rings is 3. The van der Waals surface area contributed by atoms with E-state index >= 15 is 0 Å². The van der Waals surface area contributed by atoms with E-state index in [-0.39, 0.29) is 12.5 Å². The summed E-state index contributed by atoms with van der Waals surface area (Å²) in [7, 11) is 0. The molecule has 0 atom stereocenters. The van der Waals surface area contributed by atoms with Gasteiger partial charge in [-0.25, -0.2) is 0 Å². The molecule has 3 aromatic rings. The fraction of sp³-hybridized carbons (Fsp3) is 0.240. The van der Waals surface area contributed by atoms with Crippen LogP contribution in [-0.2, 0) is 17.8 Å². The average molecular weight is 467 g/mol. The molecule has 5 heteroatoms. The van der Waals surface area contributed by atoms with E-state index in [9.17, 15) is 4.79 Å². The molecule has 0 saturated heterocycles. The Morgan fingerprint density at radius 2 is 1.60 bits per heavy atom. The van der Waals surface area contributed by atoms with Gasteiger partial charge >= 0.3 is 0 Å². The number of hydrogen-bond donors (Lipinski definition) is 2. The highest BCUT2D eigenvalue weighted by molar-refractivity contribution is 9.10. The van der Waals surface area contributed by atoms with E-state index in [0.29, 0.717) is 12.3 Å². The first-order valence-electron chi connectivity index (χ1n) is 10.1. The second-order valence-electron chi connectivity index (χ2n) is 7.30. The van der Waals surface area contributed by atoms with Crippen LogP contribution in [0, 0.1) is 13.8 Å². The van der Waals surface area contributed by atoms with Gasteiger partial charge in [0.1, 0.15) is 5.75 Å². The number of anilines is 2. The number of carbonyl (C=O) groups is 1. The van der Waals surface area contributed by atoms with Gasteiger partial charge in [0.25, 0.3) is 5.91 Å². The monoisotopic (exact) mass is 466 g/mol. The lowest BCUT2D eigenvalue weighted by Gasteiger charge is -2.12. The minimum absolute atomic E-state index is 0.0487. The summed E-state index contributed by atoms with van der Waals surface area (Å²) in [6, 6.07) is 20.2. The van der Waals surface area contributed by atoms with Crippen LogP contribution in [0.15, 0.2) is 65.1 Å². The number of carbonyl (C=O) groups excluding carboxylic acids is 1. The second kappa shape index (κ2) is 10.3. The Morgan fingerprint density at radius 3 is 2.27 bits per heavy atom. The maximum absolute atomic E-state index is 12.2. The van der Waals surface area contributed by atoms with E-state index in [1.54, 1.807) is 0 Å². The fourth-order valence-corrected chi connectivity index (χ4v) is 3.53. The number of hydrogen-bond acceptors (Lipinski definition) is 3. The summed E-state index contributed by atoms with van der Waals surface area (Å²) in [4.78, 5) is 12.2. The van der Waals surface area contributed by atoms with Crippen LogP contribution in [0.3, 0.4) is 0 Å². The van der Waals surface area contributed by atoms with Crippen molar-refractivity contribution in [1.29, 1.82) is 0 Å². The van der Waals surface area contributed by atoms with Crippen LogP contribution >= 0.6 is 15.9 Å². The number of halogens is 1. The minimum atomic E-state index is -0.188. The highest BCUT2D eigenvalue weighted by Crippen LogP contribution is 2.26. The van der Waals surface area contributed by atoms with Crippen LogP contribution in [0.1, 0.15) is 29.2 Å². The third kappa shape index (κ3) is 6.10. The topological polar surface area (TPSA) is 50.4 Å². The number of amides is 1. The first-order valence-corrected chi connectivity index (χ1v) is 10.8. The SMILES string of the molecule is CCc1ccc(NCc2ccc(OCC(=O)Nc3ccc(C)c(C)c3)c(Br)c2)cc1. The maximum Gasteiger partial charge on any atom is 0.262 e. The fourth-order valence-electron chi connectivity index (χ4n) is 2.99. The van der Waals surface area contributed by atoms with Crippen molar-refractivity contribution in [2.24, 2.45) is 0 Å². The van der Waals surface area contributed by atoms with Gasteiger partial charge in [-0.2, -0.15) is 0 Å². The molecule has 0 aliphatic heterocycles. The Bertz CT molecular complexity index is 1020. The van der Waals surface area contributed by atoms with Crippen LogP contribution in [0.25, 0.3) is 0 Å². The van der Waals surface area contributed by atoms with Gasteiger partial charge in [0.2, 0.25) is 0 Å². The zero-order chi connectivity index (χ0) is 21.5. The molecule has 156 valence electrons. The van der Waals surface area contributed by atoms with Gasteiger partial charge in [-0.3, -0.25) is 4.79 Å². The molecule has 4 nitrogen and oxygen atoms in total. The van der Waals surface area contributed by atoms with Crippen molar-refractivity contribution in [3.05, 3.63) is 87.4 Å². The first-order chi connectivity index (χ1) is 14.4. The number of rotatable bonds is 8. The second-order valence-corrected chi connectivity index (χ2v) is 8.16. The largest absolute Gasteiger partial charge is 0.483 e. The Kier molecular flexibility index (Phi) is 7.52. The quantitative estimate of drug-likeness (QED) is 0.411. The van der Waals surface area contributed by atoms with Crippen molar-refractivity contribution in [3.63, 3.8) is 0 Å². The predicted molar refractivity (Wildman–Crippen MR) is 127 cm³/mol. The smallest absolute Gasteiger partial charge is 0.262 e. The van der Waals surface area contributed by atoms with Gasteiger partial charge < -0.3 is 15.4 Å². The van der Waals surface area contributed by atoms with Crippen LogP contribution in [0.2, 0.25) is 0 Å². The standard InChI is InChI=1S/C25H27BrN2O2/c1-4-19-6-10-21(11-7-19)27-15-20-8-12-24(23(26)14-20)30-16-25(29)28-22-9-5-17(2)18(3)13-22/h5-14,27H,4,15-16H2,1-3H3,(H,28,29). The van der Waals surface area contributed by atoms with E-state index in [1.165, 1.54) is 11.1 Å². The predicted octanol–water partition coefficient (Wildman–Crippen LogP) is 6.26. The van der Waals surface area contributed by atoms with Gasteiger partial charge in [-0.1, -0.05) is 31.2 Å². The number of nitrogens with one attached hydrogen (secondary N) is 2. The highest BCUT2D eigenvalue weighted by Gasteiger charge is 2.08. The summed E-state index contributed by atoms with van der Waals surface area (Å²) in [5.74, 6) is 0.452.